The second-order valence-corrected chi connectivity index (χ2v) is 7.59. The molecule has 1 atom stereocenters. The van der Waals surface area contributed by atoms with E-state index >= 15 is 0 Å². The van der Waals surface area contributed by atoms with Crippen LogP contribution in [0.4, 0.5) is 0 Å². The van der Waals surface area contributed by atoms with Gasteiger partial charge in [-0.05, 0) is 23.6 Å². The fourth-order valence-electron chi connectivity index (χ4n) is 3.85. The topological polar surface area (TPSA) is 54.7 Å². The first-order valence-corrected chi connectivity index (χ1v) is 10.4. The van der Waals surface area contributed by atoms with Crippen LogP contribution in [0.25, 0.3) is 0 Å². The van der Waals surface area contributed by atoms with E-state index in [9.17, 15) is 0 Å². The molecule has 30 heavy (non-hydrogen) atoms. The minimum atomic E-state index is 0.0622. The third kappa shape index (κ3) is 4.89. The lowest BCUT2D eigenvalue weighted by Crippen LogP contribution is -2.48. The van der Waals surface area contributed by atoms with Crippen molar-refractivity contribution in [2.24, 2.45) is 4.99 Å². The van der Waals surface area contributed by atoms with Crippen LogP contribution in [0.5, 0.6) is 0 Å². The number of morpholine rings is 1. The number of aliphatic imine (C=N–C) groups is 1. The summed E-state index contributed by atoms with van der Waals surface area (Å²) < 4.78 is 8.02. The van der Waals surface area contributed by atoms with Crippen LogP contribution < -0.4 is 5.32 Å². The Bertz CT molecular complexity index is 982. The molecular weight excluding hydrogens is 374 g/mol. The highest BCUT2D eigenvalue weighted by Gasteiger charge is 2.25. The molecule has 1 N–H and O–H groups in total. The highest BCUT2D eigenvalue weighted by Crippen LogP contribution is 2.25. The number of aromatic nitrogens is 2. The van der Waals surface area contributed by atoms with Crippen LogP contribution in [0.3, 0.4) is 0 Å². The molecule has 1 aliphatic rings. The maximum atomic E-state index is 6.05. The zero-order valence-corrected chi connectivity index (χ0v) is 17.7. The standard InChI is InChI=1S/C24H29N5O/c1-19-8-6-7-11-22(19)23-18-28(12-13-30-23)24(25-2)26-14-21-15-27-29(17-21)16-20-9-4-3-5-10-20/h3-11,15,17,23H,12-14,16,18H2,1-2H3,(H,25,26). The van der Waals surface area contributed by atoms with E-state index in [1.165, 1.54) is 16.7 Å². The van der Waals surface area contributed by atoms with Crippen molar-refractivity contribution in [1.82, 2.24) is 20.0 Å². The third-order valence-electron chi connectivity index (χ3n) is 5.44. The fraction of sp³-hybridized carbons (Fsp3) is 0.333. The number of rotatable bonds is 5. The number of benzene rings is 2. The van der Waals surface area contributed by atoms with E-state index in [-0.39, 0.29) is 6.10 Å². The van der Waals surface area contributed by atoms with Gasteiger partial charge in [0.1, 0.15) is 6.10 Å². The van der Waals surface area contributed by atoms with Crippen molar-refractivity contribution in [2.75, 3.05) is 26.7 Å². The second kappa shape index (κ2) is 9.59. The first-order valence-electron chi connectivity index (χ1n) is 10.4. The summed E-state index contributed by atoms with van der Waals surface area (Å²) in [4.78, 5) is 6.77. The summed E-state index contributed by atoms with van der Waals surface area (Å²) in [5, 5.41) is 7.98. The van der Waals surface area contributed by atoms with E-state index in [4.69, 9.17) is 4.74 Å². The van der Waals surface area contributed by atoms with E-state index in [0.29, 0.717) is 13.2 Å². The fourth-order valence-corrected chi connectivity index (χ4v) is 3.85. The average Bonchev–Trinajstić information content (AvgIpc) is 3.23. The number of nitrogens with zero attached hydrogens (tertiary/aromatic N) is 4. The zero-order chi connectivity index (χ0) is 20.8. The Morgan fingerprint density at radius 3 is 2.73 bits per heavy atom. The van der Waals surface area contributed by atoms with Gasteiger partial charge >= 0.3 is 0 Å². The molecule has 1 aliphatic heterocycles. The van der Waals surface area contributed by atoms with Crippen molar-refractivity contribution in [1.29, 1.82) is 0 Å². The minimum absolute atomic E-state index is 0.0622. The molecule has 156 valence electrons. The summed E-state index contributed by atoms with van der Waals surface area (Å²) in [6.07, 6.45) is 4.06. The monoisotopic (exact) mass is 403 g/mol. The minimum Gasteiger partial charge on any atom is -0.370 e. The van der Waals surface area contributed by atoms with Crippen LogP contribution in [0.2, 0.25) is 0 Å². The van der Waals surface area contributed by atoms with Gasteiger partial charge in [-0.1, -0.05) is 54.6 Å². The molecule has 1 saturated heterocycles. The summed E-state index contributed by atoms with van der Waals surface area (Å²) in [5.74, 6) is 0.896. The SMILES string of the molecule is CN=C(NCc1cnn(Cc2ccccc2)c1)N1CCOC(c2ccccc2C)C1. The van der Waals surface area contributed by atoms with E-state index in [1.807, 2.05) is 24.0 Å². The lowest BCUT2D eigenvalue weighted by atomic mass is 10.0. The van der Waals surface area contributed by atoms with Gasteiger partial charge in [-0.25, -0.2) is 0 Å². The molecule has 0 bridgehead atoms. The summed E-state index contributed by atoms with van der Waals surface area (Å²) in [7, 11) is 1.83. The average molecular weight is 404 g/mol. The summed E-state index contributed by atoms with van der Waals surface area (Å²) >= 11 is 0. The quantitative estimate of drug-likeness (QED) is 0.524. The van der Waals surface area contributed by atoms with Gasteiger partial charge in [-0.3, -0.25) is 9.67 Å². The van der Waals surface area contributed by atoms with Crippen LogP contribution in [-0.2, 0) is 17.8 Å². The number of ether oxygens (including phenoxy) is 1. The van der Waals surface area contributed by atoms with Gasteiger partial charge in [0, 0.05) is 31.9 Å². The molecular formula is C24H29N5O. The molecule has 1 unspecified atom stereocenters. The lowest BCUT2D eigenvalue weighted by Gasteiger charge is -2.35. The highest BCUT2D eigenvalue weighted by molar-refractivity contribution is 5.80. The van der Waals surface area contributed by atoms with Gasteiger partial charge in [-0.15, -0.1) is 0 Å². The van der Waals surface area contributed by atoms with Gasteiger partial charge in [-0.2, -0.15) is 5.10 Å². The maximum Gasteiger partial charge on any atom is 0.194 e. The molecule has 2 heterocycles. The Kier molecular flexibility index (Phi) is 6.44. The van der Waals surface area contributed by atoms with Gasteiger partial charge in [0.25, 0.3) is 0 Å². The Balaban J connectivity index is 1.35. The van der Waals surface area contributed by atoms with Gasteiger partial charge in [0.05, 0.1) is 25.9 Å². The summed E-state index contributed by atoms with van der Waals surface area (Å²) in [6, 6.07) is 18.8. The number of nitrogens with one attached hydrogen (secondary N) is 1. The smallest absolute Gasteiger partial charge is 0.194 e. The number of aryl methyl sites for hydroxylation is 1. The molecule has 1 fully saturated rings. The molecule has 6 heteroatoms. The van der Waals surface area contributed by atoms with Gasteiger partial charge < -0.3 is 15.0 Å². The molecule has 0 aliphatic carbocycles. The zero-order valence-electron chi connectivity index (χ0n) is 17.7. The number of hydrogen-bond donors (Lipinski definition) is 1. The van der Waals surface area contributed by atoms with Crippen LogP contribution in [-0.4, -0.2) is 47.4 Å². The van der Waals surface area contributed by atoms with Crippen molar-refractivity contribution in [3.63, 3.8) is 0 Å². The number of hydrogen-bond acceptors (Lipinski definition) is 3. The third-order valence-corrected chi connectivity index (χ3v) is 5.44. The van der Waals surface area contributed by atoms with E-state index in [0.717, 1.165) is 31.2 Å². The molecule has 0 radical (unpaired) electrons. The summed E-state index contributed by atoms with van der Waals surface area (Å²) in [6.45, 7) is 5.91. The maximum absolute atomic E-state index is 6.05. The normalized spacial score (nSPS) is 17.2. The Labute approximate surface area is 178 Å². The van der Waals surface area contributed by atoms with Crippen molar-refractivity contribution in [3.05, 3.63) is 89.2 Å². The van der Waals surface area contributed by atoms with E-state index in [1.54, 1.807) is 0 Å². The molecule has 4 rings (SSSR count). The molecule has 0 saturated carbocycles. The van der Waals surface area contributed by atoms with Gasteiger partial charge in [0.15, 0.2) is 5.96 Å². The Morgan fingerprint density at radius 1 is 1.13 bits per heavy atom. The largest absolute Gasteiger partial charge is 0.370 e. The highest BCUT2D eigenvalue weighted by atomic mass is 16.5. The van der Waals surface area contributed by atoms with Crippen molar-refractivity contribution >= 4 is 5.96 Å². The number of guanidine groups is 1. The molecule has 0 spiro atoms. The van der Waals surface area contributed by atoms with Crippen molar-refractivity contribution in [2.45, 2.75) is 26.1 Å². The Hall–Kier alpha value is -3.12. The molecule has 3 aromatic rings. The van der Waals surface area contributed by atoms with Crippen molar-refractivity contribution in [3.8, 4) is 0 Å². The van der Waals surface area contributed by atoms with E-state index in [2.05, 4.69) is 82.0 Å². The van der Waals surface area contributed by atoms with Crippen LogP contribution in [0.1, 0.15) is 28.4 Å². The van der Waals surface area contributed by atoms with E-state index < -0.39 is 0 Å². The molecule has 1 aromatic heterocycles. The lowest BCUT2D eigenvalue weighted by molar-refractivity contribution is -0.00833. The first kappa shape index (κ1) is 20.2. The summed E-state index contributed by atoms with van der Waals surface area (Å²) in [5.41, 5.74) is 4.89. The molecule has 2 aromatic carbocycles. The van der Waals surface area contributed by atoms with Gasteiger partial charge in [0.2, 0.25) is 0 Å². The predicted octanol–water partition coefficient (Wildman–Crippen LogP) is 3.39. The molecule has 0 amide bonds. The first-order chi connectivity index (χ1) is 14.7. The van der Waals surface area contributed by atoms with Crippen LogP contribution >= 0.6 is 0 Å². The van der Waals surface area contributed by atoms with Crippen molar-refractivity contribution < 1.29 is 4.74 Å². The van der Waals surface area contributed by atoms with Crippen LogP contribution in [0, 0.1) is 6.92 Å². The van der Waals surface area contributed by atoms with Crippen LogP contribution in [0.15, 0.2) is 72.0 Å². The predicted molar refractivity (Wildman–Crippen MR) is 119 cm³/mol. The second-order valence-electron chi connectivity index (χ2n) is 7.59. The molecule has 6 nitrogen and oxygen atoms in total. The Morgan fingerprint density at radius 2 is 1.93 bits per heavy atom.